The third kappa shape index (κ3) is 1.19. The van der Waals surface area contributed by atoms with Gasteiger partial charge in [-0.1, -0.05) is 0 Å². The molecule has 0 aliphatic carbocycles. The van der Waals surface area contributed by atoms with Crippen LogP contribution in [0, 0.1) is 5.92 Å². The number of rotatable bonds is 2. The van der Waals surface area contributed by atoms with Gasteiger partial charge in [-0.15, -0.1) is 0 Å². The van der Waals surface area contributed by atoms with Crippen molar-refractivity contribution in [1.82, 2.24) is 4.90 Å². The highest BCUT2D eigenvalue weighted by atomic mass is 16.4. The zero-order valence-corrected chi connectivity index (χ0v) is 8.60. The molecule has 1 fully saturated rings. The molecule has 2 rings (SSSR count). The smallest absolute Gasteiger partial charge is 0.352 e. The molecule has 2 aliphatic heterocycles. The van der Waals surface area contributed by atoms with Crippen LogP contribution >= 0.6 is 0 Å². The molecule has 0 bridgehead atoms. The van der Waals surface area contributed by atoms with Crippen molar-refractivity contribution in [2.75, 3.05) is 0 Å². The molecule has 3 atom stereocenters. The Morgan fingerprint density at radius 3 is 2.67 bits per heavy atom. The van der Waals surface area contributed by atoms with Crippen LogP contribution in [-0.4, -0.2) is 39.1 Å². The van der Waals surface area contributed by atoms with Gasteiger partial charge in [0.05, 0.1) is 18.1 Å². The second-order valence-corrected chi connectivity index (χ2v) is 4.18. The molecule has 1 amide bonds. The predicted molar refractivity (Wildman–Crippen MR) is 50.8 cm³/mol. The SMILES string of the molecule is CC1=C(C(=O)O)N2C(=O)C(C(C)O)C2C1. The molecule has 0 aromatic heterocycles. The molecule has 3 unspecified atom stereocenters. The third-order valence-electron chi connectivity index (χ3n) is 3.15. The average Bonchev–Trinajstić information content (AvgIpc) is 2.38. The summed E-state index contributed by atoms with van der Waals surface area (Å²) in [4.78, 5) is 23.8. The van der Waals surface area contributed by atoms with Gasteiger partial charge in [0.2, 0.25) is 5.91 Å². The van der Waals surface area contributed by atoms with Crippen LogP contribution in [0.25, 0.3) is 0 Å². The summed E-state index contributed by atoms with van der Waals surface area (Å²) in [5.41, 5.74) is 0.811. The topological polar surface area (TPSA) is 77.8 Å². The molecule has 0 spiro atoms. The van der Waals surface area contributed by atoms with Gasteiger partial charge < -0.3 is 15.1 Å². The Bertz CT molecular complexity index is 372. The van der Waals surface area contributed by atoms with Crippen molar-refractivity contribution in [2.24, 2.45) is 5.92 Å². The number of carbonyl (C=O) groups is 2. The van der Waals surface area contributed by atoms with Gasteiger partial charge in [0, 0.05) is 0 Å². The van der Waals surface area contributed by atoms with Gasteiger partial charge in [-0.25, -0.2) is 4.79 Å². The summed E-state index contributed by atoms with van der Waals surface area (Å²) in [6.07, 6.45) is -0.150. The van der Waals surface area contributed by atoms with Crippen molar-refractivity contribution in [1.29, 1.82) is 0 Å². The number of amides is 1. The fourth-order valence-electron chi connectivity index (χ4n) is 2.49. The van der Waals surface area contributed by atoms with Crippen LogP contribution in [0.1, 0.15) is 20.3 Å². The Morgan fingerprint density at radius 1 is 1.60 bits per heavy atom. The maximum absolute atomic E-state index is 11.6. The number of aliphatic hydroxyl groups is 1. The van der Waals surface area contributed by atoms with E-state index in [9.17, 15) is 14.7 Å². The van der Waals surface area contributed by atoms with Gasteiger partial charge in [0.1, 0.15) is 5.70 Å². The molecule has 1 saturated heterocycles. The average molecular weight is 211 g/mol. The molecule has 5 nitrogen and oxygen atoms in total. The van der Waals surface area contributed by atoms with E-state index in [0.717, 1.165) is 0 Å². The first kappa shape index (κ1) is 10.2. The zero-order valence-electron chi connectivity index (χ0n) is 8.60. The third-order valence-corrected chi connectivity index (χ3v) is 3.15. The van der Waals surface area contributed by atoms with Crippen molar-refractivity contribution < 1.29 is 19.8 Å². The fourth-order valence-corrected chi connectivity index (χ4v) is 2.49. The number of nitrogens with zero attached hydrogens (tertiary/aromatic N) is 1. The van der Waals surface area contributed by atoms with Crippen LogP contribution in [0.4, 0.5) is 0 Å². The molecule has 82 valence electrons. The number of hydrogen-bond donors (Lipinski definition) is 2. The number of β-lactam (4-membered cyclic amide) rings is 1. The minimum atomic E-state index is -1.06. The first-order valence-electron chi connectivity index (χ1n) is 4.89. The highest BCUT2D eigenvalue weighted by molar-refractivity contribution is 5.99. The number of hydrogen-bond acceptors (Lipinski definition) is 3. The van der Waals surface area contributed by atoms with E-state index in [1.165, 1.54) is 4.90 Å². The van der Waals surface area contributed by atoms with E-state index < -0.39 is 18.0 Å². The molecular formula is C10H13NO4. The van der Waals surface area contributed by atoms with Crippen molar-refractivity contribution in [3.05, 3.63) is 11.3 Å². The van der Waals surface area contributed by atoms with Gasteiger partial charge in [-0.2, -0.15) is 0 Å². The lowest BCUT2D eigenvalue weighted by Gasteiger charge is -2.44. The van der Waals surface area contributed by atoms with Crippen LogP contribution in [0.15, 0.2) is 11.3 Å². The summed E-state index contributed by atoms with van der Waals surface area (Å²) in [5.74, 6) is -1.77. The largest absolute Gasteiger partial charge is 0.477 e. The van der Waals surface area contributed by atoms with Crippen LogP contribution < -0.4 is 0 Å². The molecule has 0 radical (unpaired) electrons. The second kappa shape index (κ2) is 3.06. The number of aliphatic carboxylic acids is 1. The quantitative estimate of drug-likeness (QED) is 0.628. The molecular weight excluding hydrogens is 198 g/mol. The minimum Gasteiger partial charge on any atom is -0.477 e. The molecule has 15 heavy (non-hydrogen) atoms. The number of carboxylic acids is 1. The second-order valence-electron chi connectivity index (χ2n) is 4.18. The lowest BCUT2D eigenvalue weighted by atomic mass is 9.83. The normalized spacial score (nSPS) is 31.4. The minimum absolute atomic E-state index is 0.0990. The summed E-state index contributed by atoms with van der Waals surface area (Å²) in [6.45, 7) is 3.28. The van der Waals surface area contributed by atoms with Crippen molar-refractivity contribution >= 4 is 11.9 Å². The molecule has 2 aliphatic rings. The Kier molecular flexibility index (Phi) is 2.08. The number of carbonyl (C=O) groups excluding carboxylic acids is 1. The Labute approximate surface area is 87.0 Å². The Balaban J connectivity index is 2.27. The Morgan fingerprint density at radius 2 is 2.20 bits per heavy atom. The van der Waals surface area contributed by atoms with Crippen LogP contribution in [0.2, 0.25) is 0 Å². The van der Waals surface area contributed by atoms with E-state index in [0.29, 0.717) is 12.0 Å². The molecule has 0 aromatic carbocycles. The predicted octanol–water partition coefficient (Wildman–Crippen LogP) is -0.0435. The summed E-state index contributed by atoms with van der Waals surface area (Å²) >= 11 is 0. The van der Waals surface area contributed by atoms with E-state index >= 15 is 0 Å². The van der Waals surface area contributed by atoms with Crippen LogP contribution in [0.3, 0.4) is 0 Å². The van der Waals surface area contributed by atoms with E-state index in [-0.39, 0.29) is 17.6 Å². The summed E-state index contributed by atoms with van der Waals surface area (Å²) in [7, 11) is 0. The molecule has 0 saturated carbocycles. The summed E-state index contributed by atoms with van der Waals surface area (Å²) in [5, 5.41) is 18.3. The zero-order chi connectivity index (χ0) is 11.3. The molecule has 2 N–H and O–H groups in total. The van der Waals surface area contributed by atoms with Gasteiger partial charge in [0.25, 0.3) is 0 Å². The van der Waals surface area contributed by atoms with E-state index in [1.807, 2.05) is 0 Å². The van der Waals surface area contributed by atoms with Crippen molar-refractivity contribution in [3.63, 3.8) is 0 Å². The monoisotopic (exact) mass is 211 g/mol. The van der Waals surface area contributed by atoms with Crippen LogP contribution in [0.5, 0.6) is 0 Å². The molecule has 0 aromatic rings. The van der Waals surface area contributed by atoms with E-state index in [1.54, 1.807) is 13.8 Å². The number of aliphatic hydroxyl groups excluding tert-OH is 1. The maximum Gasteiger partial charge on any atom is 0.352 e. The van der Waals surface area contributed by atoms with Gasteiger partial charge in [0.15, 0.2) is 0 Å². The van der Waals surface area contributed by atoms with Crippen LogP contribution in [-0.2, 0) is 9.59 Å². The van der Waals surface area contributed by atoms with Crippen molar-refractivity contribution in [3.8, 4) is 0 Å². The first-order valence-corrected chi connectivity index (χ1v) is 4.89. The Hall–Kier alpha value is -1.36. The maximum atomic E-state index is 11.6. The summed E-state index contributed by atoms with van der Waals surface area (Å²) < 4.78 is 0. The molecule has 5 heteroatoms. The van der Waals surface area contributed by atoms with Gasteiger partial charge >= 0.3 is 5.97 Å². The lowest BCUT2D eigenvalue weighted by Crippen LogP contribution is -2.61. The van der Waals surface area contributed by atoms with E-state index in [2.05, 4.69) is 0 Å². The first-order chi connectivity index (χ1) is 6.95. The highest BCUT2D eigenvalue weighted by Gasteiger charge is 2.55. The lowest BCUT2D eigenvalue weighted by molar-refractivity contribution is -0.161. The number of fused-ring (bicyclic) bond motifs is 1. The standard InChI is InChI=1S/C10H13NO4/c1-4-3-6-7(5(2)12)9(13)11(6)8(4)10(14)15/h5-7,12H,3H2,1-2H3,(H,14,15). The van der Waals surface area contributed by atoms with Crippen molar-refractivity contribution in [2.45, 2.75) is 32.4 Å². The van der Waals surface area contributed by atoms with E-state index in [4.69, 9.17) is 5.11 Å². The van der Waals surface area contributed by atoms with Gasteiger partial charge in [-0.05, 0) is 25.8 Å². The van der Waals surface area contributed by atoms with Gasteiger partial charge in [-0.3, -0.25) is 4.79 Å². The summed E-state index contributed by atoms with van der Waals surface area (Å²) in [6, 6.07) is -0.149. The fraction of sp³-hybridized carbons (Fsp3) is 0.600. The molecule has 2 heterocycles. The number of carboxylic acid groups (broad SMARTS) is 1. The highest BCUT2D eigenvalue weighted by Crippen LogP contribution is 2.43.